The summed E-state index contributed by atoms with van der Waals surface area (Å²) in [5, 5.41) is 30.9. The third-order valence-electron chi connectivity index (χ3n) is 5.14. The molecule has 33 heavy (non-hydrogen) atoms. The number of benzene rings is 2. The van der Waals surface area contributed by atoms with Gasteiger partial charge in [-0.3, -0.25) is 0 Å². The van der Waals surface area contributed by atoms with Crippen LogP contribution in [0.4, 0.5) is 4.79 Å². The van der Waals surface area contributed by atoms with Crippen molar-refractivity contribution in [2.45, 2.75) is 57.1 Å². The largest absolute Gasteiger partial charge is 0.508 e. The summed E-state index contributed by atoms with van der Waals surface area (Å²) in [5.41, 5.74) is 1.84. The molecule has 0 unspecified atom stereocenters. The predicted octanol–water partition coefficient (Wildman–Crippen LogP) is 2.03. The monoisotopic (exact) mass is 462 g/mol. The Labute approximate surface area is 192 Å². The summed E-state index contributed by atoms with van der Waals surface area (Å²) in [5.74, 6) is 1.19. The van der Waals surface area contributed by atoms with Gasteiger partial charge in [0.2, 0.25) is 6.29 Å². The zero-order chi connectivity index (χ0) is 24.0. The number of ether oxygens (including phenoxy) is 5. The van der Waals surface area contributed by atoms with E-state index in [2.05, 4.69) is 0 Å². The molecule has 2 aromatic rings. The molecule has 1 fully saturated rings. The van der Waals surface area contributed by atoms with Crippen LogP contribution in [0.15, 0.2) is 48.5 Å². The van der Waals surface area contributed by atoms with Gasteiger partial charge in [0.1, 0.15) is 42.5 Å². The van der Waals surface area contributed by atoms with E-state index in [1.807, 2.05) is 36.4 Å². The molecule has 180 valence electrons. The topological polar surface area (TPSA) is 124 Å². The van der Waals surface area contributed by atoms with Crippen LogP contribution in [0.5, 0.6) is 11.5 Å². The molecule has 1 aliphatic rings. The van der Waals surface area contributed by atoms with E-state index in [1.54, 1.807) is 33.1 Å². The van der Waals surface area contributed by atoms with Gasteiger partial charge in [-0.05, 0) is 43.2 Å². The third kappa shape index (κ3) is 6.58. The maximum atomic E-state index is 11.6. The van der Waals surface area contributed by atoms with E-state index in [0.717, 1.165) is 16.9 Å². The van der Waals surface area contributed by atoms with Crippen LogP contribution in [0.2, 0.25) is 0 Å². The minimum Gasteiger partial charge on any atom is -0.497 e. The number of hydrogen-bond donors (Lipinski definition) is 3. The van der Waals surface area contributed by atoms with Gasteiger partial charge in [0.05, 0.1) is 13.2 Å². The lowest BCUT2D eigenvalue weighted by Crippen LogP contribution is -2.60. The molecular formula is C24H30O9. The maximum absolute atomic E-state index is 11.6. The molecule has 9 nitrogen and oxygen atoms in total. The fourth-order valence-corrected chi connectivity index (χ4v) is 3.38. The van der Waals surface area contributed by atoms with E-state index < -0.39 is 36.9 Å². The van der Waals surface area contributed by atoms with Gasteiger partial charge < -0.3 is 39.0 Å². The lowest BCUT2D eigenvalue weighted by atomic mass is 9.99. The maximum Gasteiger partial charge on any atom is 0.508 e. The number of aliphatic hydroxyl groups excluding tert-OH is 3. The number of methoxy groups -OCH3 is 1. The van der Waals surface area contributed by atoms with Gasteiger partial charge >= 0.3 is 6.16 Å². The molecule has 0 aromatic heterocycles. The van der Waals surface area contributed by atoms with E-state index in [4.69, 9.17) is 23.7 Å². The van der Waals surface area contributed by atoms with E-state index in [-0.39, 0.29) is 12.7 Å². The van der Waals surface area contributed by atoms with Crippen LogP contribution in [-0.4, -0.2) is 72.0 Å². The molecule has 0 bridgehead atoms. The normalized spacial score (nSPS) is 24.9. The summed E-state index contributed by atoms with van der Waals surface area (Å²) in [6.07, 6.45) is -7.75. The first-order chi connectivity index (χ1) is 15.8. The predicted molar refractivity (Wildman–Crippen MR) is 117 cm³/mol. The zero-order valence-electron chi connectivity index (χ0n) is 18.8. The van der Waals surface area contributed by atoms with Crippen LogP contribution in [0, 0.1) is 0 Å². The summed E-state index contributed by atoms with van der Waals surface area (Å²) in [7, 11) is 1.60. The Morgan fingerprint density at radius 2 is 1.70 bits per heavy atom. The Morgan fingerprint density at radius 3 is 2.36 bits per heavy atom. The molecule has 3 rings (SSSR count). The molecule has 0 saturated carbocycles. The van der Waals surface area contributed by atoms with Crippen molar-refractivity contribution in [3.63, 3.8) is 0 Å². The average Bonchev–Trinajstić information content (AvgIpc) is 2.80. The summed E-state index contributed by atoms with van der Waals surface area (Å²) in [6.45, 7) is 2.95. The van der Waals surface area contributed by atoms with Gasteiger partial charge in [0, 0.05) is 6.42 Å². The van der Waals surface area contributed by atoms with E-state index >= 15 is 0 Å². The van der Waals surface area contributed by atoms with Gasteiger partial charge in [-0.25, -0.2) is 4.79 Å². The number of carbonyl (C=O) groups excluding carboxylic acids is 1. The highest BCUT2D eigenvalue weighted by Gasteiger charge is 2.45. The molecule has 1 heterocycles. The summed E-state index contributed by atoms with van der Waals surface area (Å²) < 4.78 is 26.6. The Hall–Kier alpha value is -2.85. The molecule has 3 N–H and O–H groups in total. The van der Waals surface area contributed by atoms with Crippen LogP contribution in [0.25, 0.3) is 0 Å². The van der Waals surface area contributed by atoms with Gasteiger partial charge in [0.15, 0.2) is 0 Å². The van der Waals surface area contributed by atoms with Crippen LogP contribution >= 0.6 is 0 Å². The second-order valence-corrected chi connectivity index (χ2v) is 7.99. The summed E-state index contributed by atoms with van der Waals surface area (Å²) in [4.78, 5) is 11.6. The van der Waals surface area contributed by atoms with Crippen molar-refractivity contribution in [1.82, 2.24) is 0 Å². The number of aliphatic hydroxyl groups is 3. The van der Waals surface area contributed by atoms with Crippen molar-refractivity contribution in [3.8, 4) is 11.5 Å². The fraction of sp³-hybridized carbons (Fsp3) is 0.458. The van der Waals surface area contributed by atoms with Crippen LogP contribution in [-0.2, 0) is 20.6 Å². The molecule has 2 aromatic carbocycles. The van der Waals surface area contributed by atoms with Crippen molar-refractivity contribution in [2.75, 3.05) is 13.7 Å². The van der Waals surface area contributed by atoms with E-state index in [1.165, 1.54) is 0 Å². The van der Waals surface area contributed by atoms with Gasteiger partial charge in [0.25, 0.3) is 0 Å². The van der Waals surface area contributed by atoms with Gasteiger partial charge in [-0.2, -0.15) is 0 Å². The van der Waals surface area contributed by atoms with Crippen LogP contribution in [0.1, 0.15) is 25.0 Å². The lowest BCUT2D eigenvalue weighted by Gasteiger charge is -2.40. The van der Waals surface area contributed by atoms with Crippen molar-refractivity contribution in [2.24, 2.45) is 0 Å². The summed E-state index contributed by atoms with van der Waals surface area (Å²) >= 11 is 0. The lowest BCUT2D eigenvalue weighted by molar-refractivity contribution is -0.278. The Balaban J connectivity index is 1.70. The fourth-order valence-electron chi connectivity index (χ4n) is 3.38. The minimum absolute atomic E-state index is 0.375. The van der Waals surface area contributed by atoms with Gasteiger partial charge in [-0.1, -0.05) is 30.3 Å². The third-order valence-corrected chi connectivity index (χ3v) is 5.14. The van der Waals surface area contributed by atoms with Crippen LogP contribution < -0.4 is 9.47 Å². The quantitative estimate of drug-likeness (QED) is 0.506. The molecule has 0 radical (unpaired) electrons. The highest BCUT2D eigenvalue weighted by molar-refractivity contribution is 5.60. The first-order valence-electron chi connectivity index (χ1n) is 10.7. The van der Waals surface area contributed by atoms with Crippen LogP contribution in [0.3, 0.4) is 0 Å². The molecule has 0 amide bonds. The first-order valence-corrected chi connectivity index (χ1v) is 10.7. The molecule has 1 saturated heterocycles. The highest BCUT2D eigenvalue weighted by Crippen LogP contribution is 2.28. The first kappa shape index (κ1) is 24.8. The number of carbonyl (C=O) groups is 1. The molecule has 0 aliphatic carbocycles. The highest BCUT2D eigenvalue weighted by atomic mass is 16.7. The van der Waals surface area contributed by atoms with E-state index in [0.29, 0.717) is 12.2 Å². The second kappa shape index (κ2) is 11.3. The standard InChI is InChI=1S/C24H30O9/c1-14(2)31-24(28)30-13-19-20(25)21(26)22(27)23(33-19)32-18-7-5-4-6-16(18)12-15-8-10-17(29-3)11-9-15/h4-11,14,19-23,25-27H,12-13H2,1-3H3/t19-,20-,21+,22-,23-/m1/s1. The average molecular weight is 462 g/mol. The van der Waals surface area contributed by atoms with Crippen molar-refractivity contribution >= 4 is 6.16 Å². The SMILES string of the molecule is COc1ccc(Cc2ccccc2O[C@@H]2O[C@H](COC(=O)OC(C)C)[C@@H](O)[C@H](O)[C@H]2O)cc1. The number of para-hydroxylation sites is 1. The molecule has 0 spiro atoms. The smallest absolute Gasteiger partial charge is 0.497 e. The van der Waals surface area contributed by atoms with Crippen molar-refractivity contribution in [1.29, 1.82) is 0 Å². The Bertz CT molecular complexity index is 899. The number of hydrogen-bond acceptors (Lipinski definition) is 9. The van der Waals surface area contributed by atoms with Gasteiger partial charge in [-0.15, -0.1) is 0 Å². The minimum atomic E-state index is -1.56. The second-order valence-electron chi connectivity index (χ2n) is 7.99. The summed E-state index contributed by atoms with van der Waals surface area (Å²) in [6, 6.07) is 14.8. The molecule has 1 aliphatic heterocycles. The van der Waals surface area contributed by atoms with Crippen molar-refractivity contribution < 1.29 is 43.8 Å². The van der Waals surface area contributed by atoms with E-state index in [9.17, 15) is 20.1 Å². The number of rotatable bonds is 8. The Morgan fingerprint density at radius 1 is 1.00 bits per heavy atom. The zero-order valence-corrected chi connectivity index (χ0v) is 18.8. The van der Waals surface area contributed by atoms with Crippen molar-refractivity contribution in [3.05, 3.63) is 59.7 Å². The molecule has 9 heteroatoms. The molecular weight excluding hydrogens is 432 g/mol. The Kier molecular flexibility index (Phi) is 8.51. The molecule has 5 atom stereocenters.